The van der Waals surface area contributed by atoms with E-state index in [9.17, 15) is 14.7 Å². The van der Waals surface area contributed by atoms with Gasteiger partial charge in [-0.25, -0.2) is 9.59 Å². The van der Waals surface area contributed by atoms with Crippen molar-refractivity contribution >= 4 is 63.4 Å². The number of ether oxygens (including phenoxy) is 4. The van der Waals surface area contributed by atoms with Gasteiger partial charge in [0.1, 0.15) is 19.0 Å². The molecular weight excluding hydrogens is 806 g/mol. The summed E-state index contributed by atoms with van der Waals surface area (Å²) in [5, 5.41) is 20.0. The number of benzene rings is 3. The number of carbonyl (C=O) groups is 2. The third kappa shape index (κ3) is 9.23. The lowest BCUT2D eigenvalue weighted by Crippen LogP contribution is -2.45. The summed E-state index contributed by atoms with van der Waals surface area (Å²) in [6, 6.07) is 16.0. The Hall–Kier alpha value is -3.57. The van der Waals surface area contributed by atoms with Crippen molar-refractivity contribution in [3.63, 3.8) is 0 Å². The number of carbonyl (C=O) groups excluding carboxylic acids is 2. The SMILES string of the molecule is CCOc1cc([C@@H]2NC(=O)NC(C)=C2C(=O)OC)ccc1OC[C@H](O)N/N=C\c1cc(I)c(OCc2ccc(C)cc2)c(I)c1. The van der Waals surface area contributed by atoms with E-state index >= 15 is 0 Å². The fraction of sp³-hybridized carbons (Fsp3) is 0.281. The quantitative estimate of drug-likeness (QED) is 0.0599. The van der Waals surface area contributed by atoms with Gasteiger partial charge in [-0.05, 0) is 107 Å². The van der Waals surface area contributed by atoms with E-state index in [4.69, 9.17) is 18.9 Å². The van der Waals surface area contributed by atoms with E-state index in [1.54, 1.807) is 31.3 Å². The van der Waals surface area contributed by atoms with Gasteiger partial charge in [0.05, 0.1) is 38.7 Å². The van der Waals surface area contributed by atoms with Gasteiger partial charge in [0.25, 0.3) is 0 Å². The van der Waals surface area contributed by atoms with Crippen LogP contribution in [0.4, 0.5) is 4.79 Å². The first kappa shape index (κ1) is 34.3. The van der Waals surface area contributed by atoms with E-state index in [0.717, 1.165) is 24.0 Å². The van der Waals surface area contributed by atoms with Crippen LogP contribution in [0.3, 0.4) is 0 Å². The molecular formula is C32H34I2N4O7. The van der Waals surface area contributed by atoms with Gasteiger partial charge in [-0.1, -0.05) is 35.9 Å². The van der Waals surface area contributed by atoms with Crippen molar-refractivity contribution in [2.45, 2.75) is 39.6 Å². The number of aryl methyl sites for hydroxylation is 1. The largest absolute Gasteiger partial charge is 0.490 e. The van der Waals surface area contributed by atoms with Crippen molar-refractivity contribution in [3.8, 4) is 17.2 Å². The average molecular weight is 840 g/mol. The number of hydrogen-bond donors (Lipinski definition) is 4. The van der Waals surface area contributed by atoms with Crippen LogP contribution in [-0.2, 0) is 16.1 Å². The molecule has 3 aromatic rings. The Kier molecular flexibility index (Phi) is 12.3. The van der Waals surface area contributed by atoms with Crippen LogP contribution >= 0.6 is 45.2 Å². The lowest BCUT2D eigenvalue weighted by molar-refractivity contribution is -0.136. The molecule has 4 rings (SSSR count). The number of nitrogens with zero attached hydrogens (tertiary/aromatic N) is 1. The number of allylic oxidation sites excluding steroid dienone is 1. The molecule has 13 heteroatoms. The van der Waals surface area contributed by atoms with Crippen molar-refractivity contribution in [1.82, 2.24) is 16.1 Å². The highest BCUT2D eigenvalue weighted by molar-refractivity contribution is 14.1. The second kappa shape index (κ2) is 16.1. The first-order valence-corrected chi connectivity index (χ1v) is 16.2. The molecule has 238 valence electrons. The molecule has 1 aliphatic heterocycles. The Balaban J connectivity index is 1.37. The third-order valence-electron chi connectivity index (χ3n) is 6.63. The fourth-order valence-corrected chi connectivity index (χ4v) is 6.58. The van der Waals surface area contributed by atoms with Crippen LogP contribution in [0.25, 0.3) is 0 Å². The number of aliphatic hydroxyl groups is 1. The molecule has 0 bridgehead atoms. The molecule has 0 spiro atoms. The van der Waals surface area contributed by atoms with Gasteiger partial charge in [-0.2, -0.15) is 5.10 Å². The minimum Gasteiger partial charge on any atom is -0.490 e. The molecule has 0 unspecified atom stereocenters. The first-order valence-electron chi connectivity index (χ1n) is 14.0. The third-order valence-corrected chi connectivity index (χ3v) is 8.24. The zero-order valence-electron chi connectivity index (χ0n) is 25.1. The standard InChI is InChI=1S/C32H34I2N4O7/c1-5-43-26-14-22(29-28(31(40)42-4)19(3)36-32(41)37-29)10-11-25(26)44-17-27(39)38-35-15-21-12-23(33)30(24(34)13-21)45-16-20-8-6-18(2)7-9-20/h6-15,27,29,38-39H,5,16-17H2,1-4H3,(H2,36,37,41)/b35-15-/t27-,29-/m0/s1. The van der Waals surface area contributed by atoms with Crippen LogP contribution in [0.1, 0.15) is 42.1 Å². The molecule has 0 saturated heterocycles. The van der Waals surface area contributed by atoms with Gasteiger partial charge in [0.15, 0.2) is 17.7 Å². The lowest BCUT2D eigenvalue weighted by atomic mass is 9.95. The van der Waals surface area contributed by atoms with E-state index < -0.39 is 24.3 Å². The molecule has 0 fully saturated rings. The first-order chi connectivity index (χ1) is 21.6. The number of methoxy groups -OCH3 is 1. The van der Waals surface area contributed by atoms with E-state index in [-0.39, 0.29) is 12.2 Å². The summed E-state index contributed by atoms with van der Waals surface area (Å²) in [4.78, 5) is 24.6. The highest BCUT2D eigenvalue weighted by Gasteiger charge is 2.32. The zero-order valence-corrected chi connectivity index (χ0v) is 29.5. The molecule has 0 aliphatic carbocycles. The number of urea groups is 1. The summed E-state index contributed by atoms with van der Waals surface area (Å²) in [6.45, 7) is 6.19. The van der Waals surface area contributed by atoms with Crippen molar-refractivity contribution in [2.24, 2.45) is 5.10 Å². The molecule has 11 nitrogen and oxygen atoms in total. The van der Waals surface area contributed by atoms with Gasteiger partial charge < -0.3 is 34.7 Å². The number of amides is 2. The number of esters is 1. The minimum absolute atomic E-state index is 0.131. The number of halogens is 2. The smallest absolute Gasteiger partial charge is 0.337 e. The Bertz CT molecular complexity index is 1570. The number of hydrogen-bond acceptors (Lipinski definition) is 9. The molecule has 1 heterocycles. The van der Waals surface area contributed by atoms with Gasteiger partial charge >= 0.3 is 12.0 Å². The molecule has 0 radical (unpaired) electrons. The maximum atomic E-state index is 12.5. The van der Waals surface area contributed by atoms with Gasteiger partial charge in [0.2, 0.25) is 0 Å². The van der Waals surface area contributed by atoms with Gasteiger partial charge in [-0.15, -0.1) is 0 Å². The van der Waals surface area contributed by atoms with Crippen molar-refractivity contribution in [2.75, 3.05) is 20.3 Å². The summed E-state index contributed by atoms with van der Waals surface area (Å²) < 4.78 is 24.5. The molecule has 3 aromatic carbocycles. The second-order valence-electron chi connectivity index (χ2n) is 10.0. The van der Waals surface area contributed by atoms with Crippen LogP contribution < -0.4 is 30.3 Å². The van der Waals surface area contributed by atoms with E-state index in [2.05, 4.69) is 97.5 Å². The molecule has 1 aliphatic rings. The summed E-state index contributed by atoms with van der Waals surface area (Å²) in [5.41, 5.74) is 7.07. The van der Waals surface area contributed by atoms with Crippen LogP contribution in [0.2, 0.25) is 0 Å². The number of aliphatic hydroxyl groups excluding tert-OH is 1. The molecule has 45 heavy (non-hydrogen) atoms. The number of nitrogens with one attached hydrogen (secondary N) is 3. The normalized spacial score (nSPS) is 15.3. The summed E-state index contributed by atoms with van der Waals surface area (Å²) >= 11 is 4.47. The van der Waals surface area contributed by atoms with Crippen LogP contribution in [0.5, 0.6) is 17.2 Å². The minimum atomic E-state index is -1.12. The second-order valence-corrected chi connectivity index (χ2v) is 12.3. The maximum Gasteiger partial charge on any atom is 0.337 e. The van der Waals surface area contributed by atoms with Gasteiger partial charge in [0, 0.05) is 5.70 Å². The van der Waals surface area contributed by atoms with Crippen LogP contribution in [0, 0.1) is 14.1 Å². The summed E-state index contributed by atoms with van der Waals surface area (Å²) in [5.74, 6) is 0.997. The fourth-order valence-electron chi connectivity index (χ4n) is 4.45. The van der Waals surface area contributed by atoms with Gasteiger partial charge in [-0.3, -0.25) is 5.43 Å². The van der Waals surface area contributed by atoms with Crippen LogP contribution in [0.15, 0.2) is 71.0 Å². The number of hydrazone groups is 1. The lowest BCUT2D eigenvalue weighted by Gasteiger charge is -2.28. The predicted molar refractivity (Wildman–Crippen MR) is 186 cm³/mol. The van der Waals surface area contributed by atoms with E-state index in [0.29, 0.717) is 36.0 Å². The Morgan fingerprint density at radius 3 is 2.42 bits per heavy atom. The van der Waals surface area contributed by atoms with E-state index in [1.807, 2.05) is 19.1 Å². The average Bonchev–Trinajstić information content (AvgIpc) is 3.00. The Morgan fingerprint density at radius 2 is 1.76 bits per heavy atom. The zero-order chi connectivity index (χ0) is 32.5. The topological polar surface area (TPSA) is 140 Å². The van der Waals surface area contributed by atoms with Crippen LogP contribution in [-0.4, -0.2) is 49.9 Å². The molecule has 0 saturated carbocycles. The summed E-state index contributed by atoms with van der Waals surface area (Å²) in [6.07, 6.45) is 0.491. The molecule has 2 atom stereocenters. The highest BCUT2D eigenvalue weighted by atomic mass is 127. The molecule has 2 amide bonds. The summed E-state index contributed by atoms with van der Waals surface area (Å²) in [7, 11) is 1.28. The Labute approximate surface area is 289 Å². The van der Waals surface area contributed by atoms with E-state index in [1.165, 1.54) is 12.7 Å². The monoisotopic (exact) mass is 840 g/mol. The predicted octanol–water partition coefficient (Wildman–Crippen LogP) is 5.30. The molecule has 4 N–H and O–H groups in total. The highest BCUT2D eigenvalue weighted by Crippen LogP contribution is 2.35. The van der Waals surface area contributed by atoms with Crippen molar-refractivity contribution in [1.29, 1.82) is 0 Å². The van der Waals surface area contributed by atoms with Crippen molar-refractivity contribution in [3.05, 3.63) is 95.3 Å². The molecule has 0 aromatic heterocycles. The van der Waals surface area contributed by atoms with Crippen molar-refractivity contribution < 1.29 is 33.6 Å². The maximum absolute atomic E-state index is 12.5. The number of rotatable bonds is 13. The Morgan fingerprint density at radius 1 is 1.04 bits per heavy atom.